The van der Waals surface area contributed by atoms with Gasteiger partial charge < -0.3 is 15.1 Å². The first-order valence-electron chi connectivity index (χ1n) is 8.36. The van der Waals surface area contributed by atoms with E-state index in [1.165, 1.54) is 11.8 Å². The Morgan fingerprint density at radius 3 is 2.85 bits per heavy atom. The molecule has 2 aromatic rings. The van der Waals surface area contributed by atoms with Crippen LogP contribution in [-0.4, -0.2) is 64.7 Å². The first-order chi connectivity index (χ1) is 12.6. The molecule has 3 rings (SSSR count). The number of rotatable bonds is 6. The van der Waals surface area contributed by atoms with Crippen molar-refractivity contribution in [3.63, 3.8) is 0 Å². The van der Waals surface area contributed by atoms with E-state index in [-0.39, 0.29) is 11.7 Å². The molecule has 0 atom stereocenters. The van der Waals surface area contributed by atoms with Crippen LogP contribution in [0.15, 0.2) is 35.7 Å². The van der Waals surface area contributed by atoms with Crippen LogP contribution < -0.4 is 10.2 Å². The molecule has 0 spiro atoms. The number of halogens is 1. The summed E-state index contributed by atoms with van der Waals surface area (Å²) in [5.74, 6) is 0.975. The van der Waals surface area contributed by atoms with Crippen molar-refractivity contribution in [2.75, 3.05) is 43.9 Å². The van der Waals surface area contributed by atoms with E-state index in [2.05, 4.69) is 37.1 Å². The summed E-state index contributed by atoms with van der Waals surface area (Å²) < 4.78 is 0. The Balaban J connectivity index is 1.53. The van der Waals surface area contributed by atoms with Gasteiger partial charge in [-0.1, -0.05) is 29.4 Å². The minimum atomic E-state index is -0.0800. The number of carbonyl (C=O) groups is 1. The fraction of sp³-hybridized carbons (Fsp3) is 0.412. The SMILES string of the molecule is CN1CCN(c2cc(Cl)nc(SCC(=O)NCc3cccnc3)n2)CC1. The maximum Gasteiger partial charge on any atom is 0.230 e. The van der Waals surface area contributed by atoms with Crippen molar-refractivity contribution < 1.29 is 4.79 Å². The van der Waals surface area contributed by atoms with Crippen molar-refractivity contribution in [1.82, 2.24) is 25.2 Å². The number of piperazine rings is 1. The molecule has 1 fully saturated rings. The summed E-state index contributed by atoms with van der Waals surface area (Å²) in [6.45, 7) is 4.23. The predicted molar refractivity (Wildman–Crippen MR) is 104 cm³/mol. The summed E-state index contributed by atoms with van der Waals surface area (Å²) in [5.41, 5.74) is 0.960. The molecule has 1 N–H and O–H groups in total. The number of thioether (sulfide) groups is 1. The monoisotopic (exact) mass is 392 g/mol. The smallest absolute Gasteiger partial charge is 0.230 e. The highest BCUT2D eigenvalue weighted by Gasteiger charge is 2.17. The van der Waals surface area contributed by atoms with Gasteiger partial charge in [-0.15, -0.1) is 0 Å². The summed E-state index contributed by atoms with van der Waals surface area (Å²) in [4.78, 5) is 29.3. The number of aromatic nitrogens is 3. The maximum atomic E-state index is 12.0. The number of nitrogens with zero attached hydrogens (tertiary/aromatic N) is 5. The van der Waals surface area contributed by atoms with Crippen molar-refractivity contribution in [3.8, 4) is 0 Å². The zero-order valence-corrected chi connectivity index (χ0v) is 16.1. The zero-order valence-electron chi connectivity index (χ0n) is 14.6. The van der Waals surface area contributed by atoms with Crippen LogP contribution in [0.2, 0.25) is 5.15 Å². The molecule has 0 aromatic carbocycles. The van der Waals surface area contributed by atoms with E-state index in [9.17, 15) is 4.79 Å². The van der Waals surface area contributed by atoms with Crippen molar-refractivity contribution in [3.05, 3.63) is 41.3 Å². The third-order valence-corrected chi connectivity index (χ3v) is 5.07. The molecule has 0 saturated carbocycles. The fourth-order valence-corrected chi connectivity index (χ4v) is 3.44. The van der Waals surface area contributed by atoms with Gasteiger partial charge in [-0.05, 0) is 18.7 Å². The molecule has 26 heavy (non-hydrogen) atoms. The Kier molecular flexibility index (Phi) is 6.65. The topological polar surface area (TPSA) is 74.2 Å². The number of carbonyl (C=O) groups excluding carboxylic acids is 1. The molecule has 138 valence electrons. The van der Waals surface area contributed by atoms with E-state index >= 15 is 0 Å². The second-order valence-corrected chi connectivity index (χ2v) is 7.38. The van der Waals surface area contributed by atoms with Gasteiger partial charge in [0.05, 0.1) is 5.75 Å². The van der Waals surface area contributed by atoms with Crippen LogP contribution in [0.25, 0.3) is 0 Å². The molecule has 7 nitrogen and oxygen atoms in total. The Hall–Kier alpha value is -1.90. The molecule has 1 amide bonds. The van der Waals surface area contributed by atoms with E-state index in [1.807, 2.05) is 12.1 Å². The average Bonchev–Trinajstić information content (AvgIpc) is 2.66. The minimum absolute atomic E-state index is 0.0800. The van der Waals surface area contributed by atoms with Crippen LogP contribution in [0.1, 0.15) is 5.56 Å². The number of nitrogens with one attached hydrogen (secondary N) is 1. The lowest BCUT2D eigenvalue weighted by Crippen LogP contribution is -2.44. The van der Waals surface area contributed by atoms with Crippen LogP contribution in [-0.2, 0) is 11.3 Å². The summed E-state index contributed by atoms with van der Waals surface area (Å²) >= 11 is 7.43. The van der Waals surface area contributed by atoms with E-state index in [0.717, 1.165) is 37.6 Å². The van der Waals surface area contributed by atoms with Gasteiger partial charge in [0.1, 0.15) is 11.0 Å². The largest absolute Gasteiger partial charge is 0.354 e. The lowest BCUT2D eigenvalue weighted by molar-refractivity contribution is -0.118. The zero-order chi connectivity index (χ0) is 18.4. The van der Waals surface area contributed by atoms with E-state index < -0.39 is 0 Å². The quantitative estimate of drug-likeness (QED) is 0.455. The number of pyridine rings is 1. The molecule has 0 radical (unpaired) electrons. The minimum Gasteiger partial charge on any atom is -0.354 e. The van der Waals surface area contributed by atoms with Crippen molar-refractivity contribution in [2.45, 2.75) is 11.7 Å². The van der Waals surface area contributed by atoms with Crippen molar-refractivity contribution >= 4 is 35.1 Å². The molecule has 0 aliphatic carbocycles. The highest BCUT2D eigenvalue weighted by Crippen LogP contribution is 2.22. The van der Waals surface area contributed by atoms with E-state index in [4.69, 9.17) is 11.6 Å². The molecule has 0 unspecified atom stereocenters. The molecule has 3 heterocycles. The van der Waals surface area contributed by atoms with Gasteiger partial charge in [-0.3, -0.25) is 9.78 Å². The van der Waals surface area contributed by atoms with Crippen molar-refractivity contribution in [1.29, 1.82) is 0 Å². The Morgan fingerprint density at radius 1 is 1.31 bits per heavy atom. The van der Waals surface area contributed by atoms with Gasteiger partial charge in [-0.2, -0.15) is 0 Å². The molecule has 2 aromatic heterocycles. The van der Waals surface area contributed by atoms with Gasteiger partial charge in [-0.25, -0.2) is 9.97 Å². The molecule has 0 bridgehead atoms. The van der Waals surface area contributed by atoms with Gasteiger partial charge >= 0.3 is 0 Å². The number of likely N-dealkylation sites (N-methyl/N-ethyl adjacent to an activating group) is 1. The number of hydrogen-bond donors (Lipinski definition) is 1. The first-order valence-corrected chi connectivity index (χ1v) is 9.73. The standard InChI is InChI=1S/C17H21ClN6OS/c1-23-5-7-24(8-6-23)15-9-14(18)21-17(22-15)26-12-16(25)20-11-13-3-2-4-19-10-13/h2-4,9-10H,5-8,11-12H2,1H3,(H,20,25). The molecule has 1 aliphatic heterocycles. The average molecular weight is 393 g/mol. The van der Waals surface area contributed by atoms with E-state index in [1.54, 1.807) is 18.5 Å². The lowest BCUT2D eigenvalue weighted by atomic mass is 10.3. The van der Waals surface area contributed by atoms with Crippen molar-refractivity contribution in [2.24, 2.45) is 0 Å². The first kappa shape index (κ1) is 18.9. The molecular weight excluding hydrogens is 372 g/mol. The molecule has 1 aliphatic rings. The molecule has 1 saturated heterocycles. The van der Waals surface area contributed by atoms with Gasteiger partial charge in [0.15, 0.2) is 5.16 Å². The fourth-order valence-electron chi connectivity index (χ4n) is 2.53. The third kappa shape index (κ3) is 5.55. The summed E-state index contributed by atoms with van der Waals surface area (Å²) in [6, 6.07) is 5.54. The van der Waals surface area contributed by atoms with Gasteiger partial charge in [0, 0.05) is 51.2 Å². The summed E-state index contributed by atoms with van der Waals surface area (Å²) in [6.07, 6.45) is 3.44. The van der Waals surface area contributed by atoms with Crippen LogP contribution in [0.5, 0.6) is 0 Å². The Labute approximate surface area is 162 Å². The van der Waals surface area contributed by atoms with Gasteiger partial charge in [0.2, 0.25) is 5.91 Å². The maximum absolute atomic E-state index is 12.0. The molecular formula is C17H21ClN6OS. The predicted octanol–water partition coefficient (Wildman–Crippen LogP) is 1.69. The second-order valence-electron chi connectivity index (χ2n) is 6.05. The number of anilines is 1. The van der Waals surface area contributed by atoms with Crippen LogP contribution >= 0.6 is 23.4 Å². The summed E-state index contributed by atoms with van der Waals surface area (Å²) in [7, 11) is 2.11. The Bertz CT molecular complexity index is 739. The van der Waals surface area contributed by atoms with E-state index in [0.29, 0.717) is 16.9 Å². The summed E-state index contributed by atoms with van der Waals surface area (Å²) in [5, 5.41) is 3.77. The van der Waals surface area contributed by atoms with Crippen LogP contribution in [0, 0.1) is 0 Å². The van der Waals surface area contributed by atoms with Gasteiger partial charge in [0.25, 0.3) is 0 Å². The van der Waals surface area contributed by atoms with Crippen LogP contribution in [0.4, 0.5) is 5.82 Å². The highest BCUT2D eigenvalue weighted by molar-refractivity contribution is 7.99. The number of hydrogen-bond acceptors (Lipinski definition) is 7. The Morgan fingerprint density at radius 2 is 2.12 bits per heavy atom. The highest BCUT2D eigenvalue weighted by atomic mass is 35.5. The lowest BCUT2D eigenvalue weighted by Gasteiger charge is -2.33. The normalized spacial score (nSPS) is 15.1. The third-order valence-electron chi connectivity index (χ3n) is 4.03. The van der Waals surface area contributed by atoms with Crippen LogP contribution in [0.3, 0.4) is 0 Å². The molecule has 9 heteroatoms. The second kappa shape index (κ2) is 9.16. The number of amides is 1.